The number of hydrogen-bond acceptors (Lipinski definition) is 5. The number of halogens is 1. The highest BCUT2D eigenvalue weighted by molar-refractivity contribution is 6.35. The molecule has 0 aliphatic carbocycles. The summed E-state index contributed by atoms with van der Waals surface area (Å²) in [6.45, 7) is 6.03. The van der Waals surface area contributed by atoms with Crippen LogP contribution >= 0.6 is 11.6 Å². The summed E-state index contributed by atoms with van der Waals surface area (Å²) in [5.74, 6) is 0.442. The first kappa shape index (κ1) is 19.1. The normalized spacial score (nSPS) is 12.4. The number of benzene rings is 1. The average molecular weight is 409 g/mol. The number of aromatic amines is 1. The summed E-state index contributed by atoms with van der Waals surface area (Å²) in [7, 11) is 0. The molecule has 0 unspecified atom stereocenters. The van der Waals surface area contributed by atoms with Gasteiger partial charge in [-0.15, -0.1) is 0 Å². The molecule has 148 valence electrons. The zero-order valence-corrected chi connectivity index (χ0v) is 17.1. The van der Waals surface area contributed by atoms with Crippen LogP contribution < -0.4 is 10.9 Å². The van der Waals surface area contributed by atoms with Crippen molar-refractivity contribution in [3.8, 4) is 11.4 Å². The largest absolute Gasteiger partial charge is 0.347 e. The van der Waals surface area contributed by atoms with Gasteiger partial charge in [0, 0.05) is 29.4 Å². The van der Waals surface area contributed by atoms with E-state index in [0.29, 0.717) is 22.1 Å². The minimum absolute atomic E-state index is 0.195. The number of hydrogen-bond donors (Lipinski definition) is 2. The average Bonchev–Trinajstić information content (AvgIpc) is 3.19. The molecular weight excluding hydrogens is 388 g/mol. The van der Waals surface area contributed by atoms with Crippen LogP contribution in [-0.2, 0) is 0 Å². The number of pyridine rings is 1. The summed E-state index contributed by atoms with van der Waals surface area (Å²) in [6, 6.07) is 11.1. The van der Waals surface area contributed by atoms with Crippen molar-refractivity contribution in [2.45, 2.75) is 32.9 Å². The Labute approximate surface area is 172 Å². The molecule has 0 fully saturated rings. The first-order valence-electron chi connectivity index (χ1n) is 9.39. The molecule has 1 atom stereocenters. The molecule has 8 heteroatoms. The number of nitrogens with one attached hydrogen (secondary N) is 2. The van der Waals surface area contributed by atoms with Crippen molar-refractivity contribution in [1.82, 2.24) is 24.7 Å². The molecule has 29 heavy (non-hydrogen) atoms. The van der Waals surface area contributed by atoms with Crippen LogP contribution in [0, 0.1) is 0 Å². The predicted molar refractivity (Wildman–Crippen MR) is 115 cm³/mol. The van der Waals surface area contributed by atoms with E-state index in [-0.39, 0.29) is 17.6 Å². The van der Waals surface area contributed by atoms with Gasteiger partial charge in [0.25, 0.3) is 5.56 Å². The van der Waals surface area contributed by atoms with E-state index >= 15 is 0 Å². The van der Waals surface area contributed by atoms with Gasteiger partial charge < -0.3 is 10.3 Å². The molecule has 3 aromatic heterocycles. The lowest BCUT2D eigenvalue weighted by Gasteiger charge is -2.15. The lowest BCUT2D eigenvalue weighted by molar-refractivity contribution is 0.537. The third kappa shape index (κ3) is 3.73. The Hall–Kier alpha value is -3.19. The van der Waals surface area contributed by atoms with Crippen LogP contribution in [0.5, 0.6) is 0 Å². The van der Waals surface area contributed by atoms with Gasteiger partial charge >= 0.3 is 0 Å². The topological polar surface area (TPSA) is 88.5 Å². The highest BCUT2D eigenvalue weighted by Gasteiger charge is 2.15. The molecule has 0 bridgehead atoms. The van der Waals surface area contributed by atoms with Gasteiger partial charge in [-0.05, 0) is 45.0 Å². The molecule has 0 radical (unpaired) electrons. The second kappa shape index (κ2) is 7.67. The van der Waals surface area contributed by atoms with Gasteiger partial charge in [0.05, 0.1) is 28.0 Å². The van der Waals surface area contributed by atoms with Crippen LogP contribution in [0.3, 0.4) is 0 Å². The Morgan fingerprint density at radius 3 is 2.76 bits per heavy atom. The summed E-state index contributed by atoms with van der Waals surface area (Å²) in [6.07, 6.45) is 3.45. The predicted octanol–water partition coefficient (Wildman–Crippen LogP) is 4.59. The van der Waals surface area contributed by atoms with Crippen molar-refractivity contribution < 1.29 is 0 Å². The third-order valence-electron chi connectivity index (χ3n) is 4.75. The lowest BCUT2D eigenvalue weighted by Crippen LogP contribution is -2.20. The number of fused-ring (bicyclic) bond motifs is 1. The SMILES string of the molecule is CC(C)n1nccc1-c1ccnc(N[C@@H](C)c2cc3cccc(Cl)c3[nH]c2=O)n1. The fraction of sp³-hybridized carbons (Fsp3) is 0.238. The second-order valence-electron chi connectivity index (χ2n) is 7.14. The monoisotopic (exact) mass is 408 g/mol. The summed E-state index contributed by atoms with van der Waals surface area (Å²) in [4.78, 5) is 24.4. The van der Waals surface area contributed by atoms with E-state index in [4.69, 9.17) is 11.6 Å². The minimum atomic E-state index is -0.299. The number of rotatable bonds is 5. The molecule has 2 N–H and O–H groups in total. The summed E-state index contributed by atoms with van der Waals surface area (Å²) < 4.78 is 1.91. The van der Waals surface area contributed by atoms with Gasteiger partial charge in [-0.25, -0.2) is 9.97 Å². The smallest absolute Gasteiger partial charge is 0.253 e. The van der Waals surface area contributed by atoms with E-state index < -0.39 is 0 Å². The molecule has 0 saturated carbocycles. The van der Waals surface area contributed by atoms with Gasteiger partial charge in [0.2, 0.25) is 5.95 Å². The Morgan fingerprint density at radius 2 is 1.97 bits per heavy atom. The number of para-hydroxylation sites is 1. The Bertz CT molecular complexity index is 1230. The van der Waals surface area contributed by atoms with Crippen molar-refractivity contribution in [3.05, 3.63) is 69.7 Å². The van der Waals surface area contributed by atoms with Crippen LogP contribution in [0.25, 0.3) is 22.3 Å². The Balaban J connectivity index is 1.65. The standard InChI is InChI=1S/C21H21ClN6O/c1-12(2)28-18(8-10-24-28)17-7-9-23-21(26-17)25-13(3)15-11-14-5-4-6-16(22)19(14)27-20(15)29/h4-13H,1-3H3,(H,27,29)(H,23,25,26)/t13-/m0/s1. The highest BCUT2D eigenvalue weighted by Crippen LogP contribution is 2.24. The zero-order valence-electron chi connectivity index (χ0n) is 16.3. The van der Waals surface area contributed by atoms with E-state index in [1.54, 1.807) is 18.5 Å². The molecule has 0 spiro atoms. The molecule has 3 heterocycles. The third-order valence-corrected chi connectivity index (χ3v) is 5.06. The van der Waals surface area contributed by atoms with Gasteiger partial charge in [-0.2, -0.15) is 5.10 Å². The fourth-order valence-electron chi connectivity index (χ4n) is 3.30. The van der Waals surface area contributed by atoms with Crippen molar-refractivity contribution in [2.24, 2.45) is 0 Å². The first-order chi connectivity index (χ1) is 13.9. The molecule has 0 aliphatic rings. The van der Waals surface area contributed by atoms with Crippen LogP contribution in [0.15, 0.2) is 53.6 Å². The maximum absolute atomic E-state index is 12.6. The van der Waals surface area contributed by atoms with E-state index in [9.17, 15) is 4.79 Å². The second-order valence-corrected chi connectivity index (χ2v) is 7.55. The molecule has 0 saturated heterocycles. The number of anilines is 1. The minimum Gasteiger partial charge on any atom is -0.347 e. The van der Waals surface area contributed by atoms with Gasteiger partial charge in [-0.1, -0.05) is 23.7 Å². The van der Waals surface area contributed by atoms with Crippen molar-refractivity contribution in [3.63, 3.8) is 0 Å². The van der Waals surface area contributed by atoms with E-state index in [1.807, 2.05) is 41.9 Å². The summed E-state index contributed by atoms with van der Waals surface area (Å²) >= 11 is 6.18. The number of nitrogens with zero attached hydrogens (tertiary/aromatic N) is 4. The lowest BCUT2D eigenvalue weighted by atomic mass is 10.1. The number of aromatic nitrogens is 5. The van der Waals surface area contributed by atoms with Crippen LogP contribution in [0.4, 0.5) is 5.95 Å². The van der Waals surface area contributed by atoms with Gasteiger partial charge in [0.15, 0.2) is 0 Å². The molecular formula is C21H21ClN6O. The van der Waals surface area contributed by atoms with E-state index in [1.165, 1.54) is 0 Å². The van der Waals surface area contributed by atoms with Gasteiger partial charge in [-0.3, -0.25) is 9.48 Å². The number of H-pyrrole nitrogens is 1. The Morgan fingerprint density at radius 1 is 1.14 bits per heavy atom. The fourth-order valence-corrected chi connectivity index (χ4v) is 3.53. The van der Waals surface area contributed by atoms with Gasteiger partial charge in [0.1, 0.15) is 0 Å². The molecule has 0 amide bonds. The molecule has 7 nitrogen and oxygen atoms in total. The molecule has 4 rings (SSSR count). The first-order valence-corrected chi connectivity index (χ1v) is 9.76. The highest BCUT2D eigenvalue weighted by atomic mass is 35.5. The zero-order chi connectivity index (χ0) is 20.5. The maximum Gasteiger partial charge on any atom is 0.253 e. The van der Waals surface area contributed by atoms with Crippen molar-refractivity contribution >= 4 is 28.5 Å². The molecule has 0 aliphatic heterocycles. The summed E-state index contributed by atoms with van der Waals surface area (Å²) in [5, 5.41) is 8.97. The van der Waals surface area contributed by atoms with Crippen LogP contribution in [0.2, 0.25) is 5.02 Å². The molecule has 4 aromatic rings. The maximum atomic E-state index is 12.6. The summed E-state index contributed by atoms with van der Waals surface area (Å²) in [5.41, 5.74) is 2.70. The van der Waals surface area contributed by atoms with E-state index in [0.717, 1.165) is 16.8 Å². The van der Waals surface area contributed by atoms with Crippen LogP contribution in [0.1, 0.15) is 38.4 Å². The van der Waals surface area contributed by atoms with Crippen LogP contribution in [-0.4, -0.2) is 24.7 Å². The van der Waals surface area contributed by atoms with Crippen molar-refractivity contribution in [2.75, 3.05) is 5.32 Å². The van der Waals surface area contributed by atoms with Crippen molar-refractivity contribution in [1.29, 1.82) is 0 Å². The Kier molecular flexibility index (Phi) is 5.07. The van der Waals surface area contributed by atoms with E-state index in [2.05, 4.69) is 39.2 Å². The quantitative estimate of drug-likeness (QED) is 0.504. The molecule has 1 aromatic carbocycles.